The van der Waals surface area contributed by atoms with Crippen LogP contribution in [0.25, 0.3) is 0 Å². The number of nitrogens with zero attached hydrogens (tertiary/aromatic N) is 2. The average Bonchev–Trinajstić information content (AvgIpc) is 2.41. The number of amidine groups is 1. The van der Waals surface area contributed by atoms with Gasteiger partial charge in [-0.25, -0.2) is 0 Å². The van der Waals surface area contributed by atoms with Gasteiger partial charge in [0.2, 0.25) is 0 Å². The molecule has 2 unspecified atom stereocenters. The van der Waals surface area contributed by atoms with E-state index < -0.39 is 0 Å². The van der Waals surface area contributed by atoms with Gasteiger partial charge in [-0.3, -0.25) is 0 Å². The Kier molecular flexibility index (Phi) is 3.98. The summed E-state index contributed by atoms with van der Waals surface area (Å²) in [5.41, 5.74) is 8.93. The fourth-order valence-corrected chi connectivity index (χ4v) is 2.95. The fraction of sp³-hybridized carbons (Fsp3) is 0.533. The molecule has 2 atom stereocenters. The number of rotatable bonds is 2. The number of oxime groups is 1. The van der Waals surface area contributed by atoms with Crippen molar-refractivity contribution in [1.29, 1.82) is 0 Å². The van der Waals surface area contributed by atoms with E-state index in [-0.39, 0.29) is 5.84 Å². The lowest BCUT2D eigenvalue weighted by atomic mass is 9.90. The van der Waals surface area contributed by atoms with Gasteiger partial charge in [0.1, 0.15) is 0 Å². The molecule has 1 aromatic carbocycles. The maximum absolute atomic E-state index is 8.96. The first kappa shape index (κ1) is 13.7. The van der Waals surface area contributed by atoms with Crippen molar-refractivity contribution < 1.29 is 5.21 Å². The first-order chi connectivity index (χ1) is 9.06. The van der Waals surface area contributed by atoms with Crippen molar-refractivity contribution in [2.75, 3.05) is 11.4 Å². The van der Waals surface area contributed by atoms with Crippen LogP contribution < -0.4 is 10.6 Å². The molecule has 2 rings (SSSR count). The van der Waals surface area contributed by atoms with Gasteiger partial charge in [0.25, 0.3) is 0 Å². The maximum atomic E-state index is 8.96. The van der Waals surface area contributed by atoms with E-state index in [1.165, 1.54) is 18.4 Å². The van der Waals surface area contributed by atoms with E-state index >= 15 is 0 Å². The van der Waals surface area contributed by atoms with Crippen molar-refractivity contribution in [2.24, 2.45) is 16.8 Å². The second kappa shape index (κ2) is 5.51. The summed E-state index contributed by atoms with van der Waals surface area (Å²) in [6.07, 6.45) is 2.46. The Balaban J connectivity index is 2.48. The van der Waals surface area contributed by atoms with Crippen LogP contribution in [-0.4, -0.2) is 23.6 Å². The lowest BCUT2D eigenvalue weighted by Crippen LogP contribution is -2.43. The monoisotopic (exact) mass is 261 g/mol. The van der Waals surface area contributed by atoms with E-state index in [0.717, 1.165) is 17.8 Å². The average molecular weight is 261 g/mol. The van der Waals surface area contributed by atoms with Gasteiger partial charge in [0.15, 0.2) is 5.84 Å². The van der Waals surface area contributed by atoms with Crippen molar-refractivity contribution >= 4 is 11.5 Å². The molecule has 1 saturated heterocycles. The highest BCUT2D eigenvalue weighted by molar-refractivity contribution is 6.02. The van der Waals surface area contributed by atoms with Crippen LogP contribution in [0.5, 0.6) is 0 Å². The molecular formula is C15H23N3O. The number of aryl methyl sites for hydroxylation is 1. The van der Waals surface area contributed by atoms with Crippen molar-refractivity contribution in [3.8, 4) is 0 Å². The molecule has 1 aromatic rings. The van der Waals surface area contributed by atoms with E-state index in [0.29, 0.717) is 12.0 Å². The molecule has 4 heteroatoms. The highest BCUT2D eigenvalue weighted by Gasteiger charge is 2.27. The van der Waals surface area contributed by atoms with E-state index in [4.69, 9.17) is 10.9 Å². The highest BCUT2D eigenvalue weighted by atomic mass is 16.4. The molecule has 3 N–H and O–H groups in total. The standard InChI is InChI=1S/C15H23N3O/c1-10-7-5-9-18(12(10)3)14-11(2)6-4-8-13(14)15(16)17-19/h4,6,8,10,12,19H,5,7,9H2,1-3H3,(H2,16,17). The summed E-state index contributed by atoms with van der Waals surface area (Å²) in [7, 11) is 0. The molecule has 1 aliphatic rings. The van der Waals surface area contributed by atoms with E-state index in [1.54, 1.807) is 0 Å². The third-order valence-corrected chi connectivity index (χ3v) is 4.28. The predicted molar refractivity (Wildman–Crippen MR) is 78.9 cm³/mol. The van der Waals surface area contributed by atoms with Gasteiger partial charge in [-0.1, -0.05) is 24.2 Å². The zero-order valence-electron chi connectivity index (χ0n) is 11.9. The molecule has 1 aliphatic heterocycles. The van der Waals surface area contributed by atoms with Gasteiger partial charge in [-0.2, -0.15) is 0 Å². The summed E-state index contributed by atoms with van der Waals surface area (Å²) in [5, 5.41) is 12.1. The molecule has 0 aromatic heterocycles. The van der Waals surface area contributed by atoms with Crippen molar-refractivity contribution in [3.05, 3.63) is 29.3 Å². The first-order valence-electron chi connectivity index (χ1n) is 6.90. The van der Waals surface area contributed by atoms with Crippen molar-refractivity contribution in [3.63, 3.8) is 0 Å². The zero-order chi connectivity index (χ0) is 14.0. The Morgan fingerprint density at radius 1 is 1.42 bits per heavy atom. The Bertz CT molecular complexity index is 484. The second-order valence-electron chi connectivity index (χ2n) is 5.51. The molecule has 104 valence electrons. The molecule has 0 amide bonds. The molecule has 0 radical (unpaired) electrons. The van der Waals surface area contributed by atoms with Crippen molar-refractivity contribution in [1.82, 2.24) is 0 Å². The molecule has 0 bridgehead atoms. The number of nitrogens with two attached hydrogens (primary N) is 1. The Morgan fingerprint density at radius 2 is 2.16 bits per heavy atom. The smallest absolute Gasteiger partial charge is 0.172 e. The molecule has 19 heavy (non-hydrogen) atoms. The highest BCUT2D eigenvalue weighted by Crippen LogP contribution is 2.33. The minimum absolute atomic E-state index is 0.184. The normalized spacial score (nSPS) is 24.6. The van der Waals surface area contributed by atoms with Crippen LogP contribution in [0.1, 0.15) is 37.8 Å². The number of hydrogen-bond acceptors (Lipinski definition) is 3. The summed E-state index contributed by atoms with van der Waals surface area (Å²) >= 11 is 0. The summed E-state index contributed by atoms with van der Waals surface area (Å²) < 4.78 is 0. The molecule has 0 aliphatic carbocycles. The Labute approximate surface area is 114 Å². The molecule has 1 heterocycles. The predicted octanol–water partition coefficient (Wildman–Crippen LogP) is 2.71. The molecule has 1 fully saturated rings. The first-order valence-corrected chi connectivity index (χ1v) is 6.90. The second-order valence-corrected chi connectivity index (χ2v) is 5.51. The molecule has 0 spiro atoms. The van der Waals surface area contributed by atoms with Gasteiger partial charge in [0.05, 0.1) is 5.69 Å². The van der Waals surface area contributed by atoms with Gasteiger partial charge < -0.3 is 15.8 Å². The molecule has 0 saturated carbocycles. The number of piperidine rings is 1. The summed E-state index contributed by atoms with van der Waals surface area (Å²) in [6.45, 7) is 7.65. The lowest BCUT2D eigenvalue weighted by Gasteiger charge is -2.41. The van der Waals surface area contributed by atoms with Crippen LogP contribution in [0.3, 0.4) is 0 Å². The van der Waals surface area contributed by atoms with E-state index in [2.05, 4.69) is 36.9 Å². The van der Waals surface area contributed by atoms with E-state index in [1.807, 2.05) is 12.1 Å². The van der Waals surface area contributed by atoms with Crippen LogP contribution in [0.15, 0.2) is 23.4 Å². The van der Waals surface area contributed by atoms with Crippen molar-refractivity contribution in [2.45, 2.75) is 39.7 Å². The van der Waals surface area contributed by atoms with Gasteiger partial charge in [-0.05, 0) is 44.2 Å². The third-order valence-electron chi connectivity index (χ3n) is 4.28. The third kappa shape index (κ3) is 2.53. The Morgan fingerprint density at radius 3 is 2.84 bits per heavy atom. The number of hydrogen-bond donors (Lipinski definition) is 2. The van der Waals surface area contributed by atoms with Crippen LogP contribution >= 0.6 is 0 Å². The number of benzene rings is 1. The van der Waals surface area contributed by atoms with Crippen LogP contribution in [0.4, 0.5) is 5.69 Å². The molecule has 4 nitrogen and oxygen atoms in total. The van der Waals surface area contributed by atoms with Crippen LogP contribution in [0.2, 0.25) is 0 Å². The largest absolute Gasteiger partial charge is 0.409 e. The van der Waals surface area contributed by atoms with Gasteiger partial charge in [-0.15, -0.1) is 0 Å². The summed E-state index contributed by atoms with van der Waals surface area (Å²) in [5.74, 6) is 0.845. The Hall–Kier alpha value is -1.71. The van der Waals surface area contributed by atoms with Gasteiger partial charge in [0, 0.05) is 18.2 Å². The van der Waals surface area contributed by atoms with Crippen LogP contribution in [-0.2, 0) is 0 Å². The quantitative estimate of drug-likeness (QED) is 0.372. The minimum Gasteiger partial charge on any atom is -0.409 e. The van der Waals surface area contributed by atoms with Crippen LogP contribution in [0, 0.1) is 12.8 Å². The number of anilines is 1. The zero-order valence-corrected chi connectivity index (χ0v) is 11.9. The molecular weight excluding hydrogens is 238 g/mol. The topological polar surface area (TPSA) is 61.9 Å². The number of para-hydroxylation sites is 1. The minimum atomic E-state index is 0.184. The SMILES string of the molecule is Cc1cccc(/C(N)=N/O)c1N1CCCC(C)C1C. The summed E-state index contributed by atoms with van der Waals surface area (Å²) in [6, 6.07) is 6.42. The summed E-state index contributed by atoms with van der Waals surface area (Å²) in [4.78, 5) is 2.40. The maximum Gasteiger partial charge on any atom is 0.172 e. The lowest BCUT2D eigenvalue weighted by molar-refractivity contribution is 0.318. The van der Waals surface area contributed by atoms with E-state index in [9.17, 15) is 0 Å². The van der Waals surface area contributed by atoms with Gasteiger partial charge >= 0.3 is 0 Å². The fourth-order valence-electron chi connectivity index (χ4n) is 2.95.